The van der Waals surface area contributed by atoms with E-state index in [1.54, 1.807) is 31.2 Å². The number of hydrogen-bond acceptors (Lipinski definition) is 5. The van der Waals surface area contributed by atoms with E-state index < -0.39 is 18.0 Å². The van der Waals surface area contributed by atoms with Gasteiger partial charge in [0, 0.05) is 11.1 Å². The van der Waals surface area contributed by atoms with Gasteiger partial charge in [0.1, 0.15) is 11.9 Å². The van der Waals surface area contributed by atoms with Gasteiger partial charge in [-0.05, 0) is 50.5 Å². The van der Waals surface area contributed by atoms with Crippen molar-refractivity contribution in [2.24, 2.45) is 0 Å². The molecular weight excluding hydrogens is 403 g/mol. The van der Waals surface area contributed by atoms with E-state index in [-0.39, 0.29) is 6.61 Å². The molecule has 0 fully saturated rings. The number of ether oxygens (including phenoxy) is 3. The second-order valence-corrected chi connectivity index (χ2v) is 6.97. The molecule has 0 heterocycles. The summed E-state index contributed by atoms with van der Waals surface area (Å²) in [4.78, 5) is 23.1. The molecule has 5 nitrogen and oxygen atoms in total. The van der Waals surface area contributed by atoms with E-state index in [1.807, 2.05) is 6.92 Å². The molecule has 1 unspecified atom stereocenters. The third-order valence-electron chi connectivity index (χ3n) is 3.68. The fraction of sp³-hybridized carbons (Fsp3) is 0.333. The quantitative estimate of drug-likeness (QED) is 0.219. The minimum Gasteiger partial charge on any atom is -0.480 e. The van der Waals surface area contributed by atoms with Gasteiger partial charge < -0.3 is 14.2 Å². The first kappa shape index (κ1) is 23.8. The normalized spacial score (nSPS) is 12.5. The van der Waals surface area contributed by atoms with E-state index in [2.05, 4.69) is 11.3 Å². The Hall–Kier alpha value is -2.24. The van der Waals surface area contributed by atoms with Crippen molar-refractivity contribution in [3.05, 3.63) is 64.2 Å². The fourth-order valence-electron chi connectivity index (χ4n) is 2.13. The Kier molecular flexibility index (Phi) is 10.4. The molecular formula is C21H24Cl2O5. The van der Waals surface area contributed by atoms with Gasteiger partial charge in [-0.1, -0.05) is 47.5 Å². The molecule has 152 valence electrons. The Morgan fingerprint density at radius 1 is 1.25 bits per heavy atom. The van der Waals surface area contributed by atoms with Crippen LogP contribution < -0.4 is 4.74 Å². The van der Waals surface area contributed by atoms with E-state index in [0.29, 0.717) is 28.6 Å². The topological polar surface area (TPSA) is 61.8 Å². The summed E-state index contributed by atoms with van der Waals surface area (Å²) in [6.45, 7) is 7.32. The van der Waals surface area contributed by atoms with Crippen LogP contribution in [-0.4, -0.2) is 31.8 Å². The SMILES string of the molecule is C=C(C)C(CCC(C)=CC=CC(=O)OC)OC(=O)COc1ccc(Cl)cc1Cl. The Bertz CT molecular complexity index is 768. The predicted octanol–water partition coefficient (Wildman–Crippen LogP) is 5.32. The number of rotatable bonds is 10. The summed E-state index contributed by atoms with van der Waals surface area (Å²) in [6.07, 6.45) is 5.55. The third kappa shape index (κ3) is 9.11. The summed E-state index contributed by atoms with van der Waals surface area (Å²) in [7, 11) is 1.32. The Labute approximate surface area is 175 Å². The monoisotopic (exact) mass is 426 g/mol. The van der Waals surface area contributed by atoms with Gasteiger partial charge in [-0.2, -0.15) is 0 Å². The molecule has 1 rings (SSSR count). The van der Waals surface area contributed by atoms with Gasteiger partial charge in [0.05, 0.1) is 12.1 Å². The fourth-order valence-corrected chi connectivity index (χ4v) is 2.59. The smallest absolute Gasteiger partial charge is 0.344 e. The maximum atomic E-state index is 12.1. The molecule has 1 aromatic carbocycles. The number of hydrogen-bond donors (Lipinski definition) is 0. The molecule has 0 aliphatic heterocycles. The van der Waals surface area contributed by atoms with Crippen LogP contribution in [0, 0.1) is 0 Å². The molecule has 0 aliphatic carbocycles. The summed E-state index contributed by atoms with van der Waals surface area (Å²) in [6, 6.07) is 4.74. The largest absolute Gasteiger partial charge is 0.480 e. The lowest BCUT2D eigenvalue weighted by Gasteiger charge is -2.18. The number of esters is 2. The van der Waals surface area contributed by atoms with E-state index >= 15 is 0 Å². The van der Waals surface area contributed by atoms with Crippen molar-refractivity contribution in [1.82, 2.24) is 0 Å². The predicted molar refractivity (Wildman–Crippen MR) is 111 cm³/mol. The summed E-state index contributed by atoms with van der Waals surface area (Å²) >= 11 is 11.8. The lowest BCUT2D eigenvalue weighted by molar-refractivity contribution is -0.150. The lowest BCUT2D eigenvalue weighted by atomic mass is 10.0. The van der Waals surface area contributed by atoms with Gasteiger partial charge in [0.25, 0.3) is 0 Å². The molecule has 0 aromatic heterocycles. The van der Waals surface area contributed by atoms with Gasteiger partial charge in [-0.15, -0.1) is 0 Å². The van der Waals surface area contributed by atoms with Crippen LogP contribution in [0.2, 0.25) is 10.0 Å². The second kappa shape index (κ2) is 12.3. The highest BCUT2D eigenvalue weighted by atomic mass is 35.5. The first-order valence-corrected chi connectivity index (χ1v) is 9.33. The van der Waals surface area contributed by atoms with Gasteiger partial charge in [-0.25, -0.2) is 9.59 Å². The van der Waals surface area contributed by atoms with Crippen molar-refractivity contribution < 1.29 is 23.8 Å². The Morgan fingerprint density at radius 2 is 1.96 bits per heavy atom. The highest BCUT2D eigenvalue weighted by Gasteiger charge is 2.16. The second-order valence-electron chi connectivity index (χ2n) is 6.12. The molecule has 0 aliphatic rings. The molecule has 7 heteroatoms. The van der Waals surface area contributed by atoms with Gasteiger partial charge in [0.15, 0.2) is 6.61 Å². The molecule has 0 radical (unpaired) electrons. The molecule has 28 heavy (non-hydrogen) atoms. The number of benzene rings is 1. The van der Waals surface area contributed by atoms with Gasteiger partial charge in [-0.3, -0.25) is 0 Å². The van der Waals surface area contributed by atoms with Gasteiger partial charge in [0.2, 0.25) is 0 Å². The van der Waals surface area contributed by atoms with Crippen molar-refractivity contribution >= 4 is 35.1 Å². The van der Waals surface area contributed by atoms with E-state index in [9.17, 15) is 9.59 Å². The minimum atomic E-state index is -0.522. The Morgan fingerprint density at radius 3 is 2.57 bits per heavy atom. The number of carbonyl (C=O) groups excluding carboxylic acids is 2. The van der Waals surface area contributed by atoms with E-state index in [4.69, 9.17) is 32.7 Å². The number of halogens is 2. The van der Waals surface area contributed by atoms with Crippen molar-refractivity contribution in [2.75, 3.05) is 13.7 Å². The first-order chi connectivity index (χ1) is 13.2. The van der Waals surface area contributed by atoms with Crippen LogP contribution in [0.5, 0.6) is 5.75 Å². The maximum Gasteiger partial charge on any atom is 0.344 e. The molecule has 1 aromatic rings. The summed E-state index contributed by atoms with van der Waals surface area (Å²) in [5.41, 5.74) is 1.75. The average Bonchev–Trinajstić information content (AvgIpc) is 2.63. The number of allylic oxidation sites excluding steroid dienone is 3. The molecule has 1 atom stereocenters. The molecule has 0 amide bonds. The maximum absolute atomic E-state index is 12.1. The highest BCUT2D eigenvalue weighted by Crippen LogP contribution is 2.27. The molecule has 0 saturated heterocycles. The molecule has 0 bridgehead atoms. The van der Waals surface area contributed by atoms with Crippen molar-refractivity contribution in [1.29, 1.82) is 0 Å². The Balaban J connectivity index is 2.53. The average molecular weight is 427 g/mol. The standard InChI is InChI=1S/C21H24Cl2O5/c1-14(2)18(10-8-15(3)6-5-7-20(24)26-4)28-21(25)13-27-19-11-9-16(22)12-17(19)23/h5-7,9,11-12,18H,1,8,10,13H2,2-4H3. The number of carbonyl (C=O) groups is 2. The van der Waals surface area contributed by atoms with Crippen LogP contribution in [0.15, 0.2) is 54.2 Å². The third-order valence-corrected chi connectivity index (χ3v) is 4.21. The van der Waals surface area contributed by atoms with E-state index in [0.717, 1.165) is 11.1 Å². The zero-order valence-corrected chi connectivity index (χ0v) is 17.7. The highest BCUT2D eigenvalue weighted by molar-refractivity contribution is 6.35. The molecule has 0 saturated carbocycles. The zero-order chi connectivity index (χ0) is 21.1. The van der Waals surface area contributed by atoms with Crippen LogP contribution >= 0.6 is 23.2 Å². The summed E-state index contributed by atoms with van der Waals surface area (Å²) < 4.78 is 15.4. The van der Waals surface area contributed by atoms with Crippen molar-refractivity contribution in [3.8, 4) is 5.75 Å². The zero-order valence-electron chi connectivity index (χ0n) is 16.2. The van der Waals surface area contributed by atoms with Crippen LogP contribution in [0.4, 0.5) is 0 Å². The van der Waals surface area contributed by atoms with Crippen LogP contribution in [0.25, 0.3) is 0 Å². The summed E-state index contributed by atoms with van der Waals surface area (Å²) in [5.74, 6) is -0.587. The van der Waals surface area contributed by atoms with Crippen LogP contribution in [0.1, 0.15) is 26.7 Å². The molecule has 0 spiro atoms. The van der Waals surface area contributed by atoms with Crippen LogP contribution in [-0.2, 0) is 19.1 Å². The minimum absolute atomic E-state index is 0.276. The van der Waals surface area contributed by atoms with Crippen molar-refractivity contribution in [3.63, 3.8) is 0 Å². The lowest BCUT2D eigenvalue weighted by Crippen LogP contribution is -2.23. The van der Waals surface area contributed by atoms with Crippen molar-refractivity contribution in [2.45, 2.75) is 32.8 Å². The molecule has 0 N–H and O–H groups in total. The first-order valence-electron chi connectivity index (χ1n) is 8.57. The summed E-state index contributed by atoms with van der Waals surface area (Å²) in [5, 5.41) is 0.796. The van der Waals surface area contributed by atoms with Gasteiger partial charge >= 0.3 is 11.9 Å². The van der Waals surface area contributed by atoms with E-state index in [1.165, 1.54) is 19.3 Å². The van der Waals surface area contributed by atoms with Crippen LogP contribution in [0.3, 0.4) is 0 Å². The number of methoxy groups -OCH3 is 1.